The molecule has 4 rings (SSSR count). The molecule has 3 aromatic carbocycles. The number of benzene rings is 3. The van der Waals surface area contributed by atoms with Gasteiger partial charge in [-0.05, 0) is 48.0 Å². The third-order valence-electron chi connectivity index (χ3n) is 6.09. The average molecular weight is 464 g/mol. The zero-order valence-corrected chi connectivity index (χ0v) is 22.2. The molecule has 0 spiro atoms. The van der Waals surface area contributed by atoms with E-state index < -0.39 is 16.1 Å². The molecule has 0 aliphatic carbocycles. The number of nitrogens with zero attached hydrogens (tertiary/aromatic N) is 1. The fourth-order valence-electron chi connectivity index (χ4n) is 4.88. The van der Waals surface area contributed by atoms with Gasteiger partial charge in [0.1, 0.15) is 11.6 Å². The minimum absolute atomic E-state index is 0.314. The van der Waals surface area contributed by atoms with Gasteiger partial charge in [-0.1, -0.05) is 68.6 Å². The largest absolute Gasteiger partial charge is 0.256 e. The Morgan fingerprint density at radius 3 is 1.78 bits per heavy atom. The molecule has 0 unspecified atom stereocenters. The van der Waals surface area contributed by atoms with E-state index in [9.17, 15) is 0 Å². The predicted molar refractivity (Wildman–Crippen MR) is 140 cm³/mol. The first kappa shape index (κ1) is 22.8. The minimum Gasteiger partial charge on any atom is -0.256 e. The van der Waals surface area contributed by atoms with E-state index in [4.69, 9.17) is 4.98 Å². The lowest BCUT2D eigenvalue weighted by Gasteiger charge is -2.28. The lowest BCUT2D eigenvalue weighted by molar-refractivity contribution is 0.609. The standard InChI is InChI=1S/C27H31F2NSi2/c1-16-13-17(2)15-18(14-16)25-20-9-10-21-22(19(20)11-12-30-25)26(31(3,4)5)24(29)27(23(21)28)32(6,7)8/h9-15H,1-8H3. The molecule has 0 saturated carbocycles. The Kier molecular flexibility index (Phi) is 5.41. The topological polar surface area (TPSA) is 12.9 Å². The fourth-order valence-corrected chi connectivity index (χ4v) is 8.38. The Balaban J connectivity index is 2.22. The smallest absolute Gasteiger partial charge is 0.133 e. The van der Waals surface area contributed by atoms with E-state index in [-0.39, 0.29) is 11.6 Å². The molecule has 0 atom stereocenters. The van der Waals surface area contributed by atoms with Crippen LogP contribution in [0.15, 0.2) is 42.6 Å². The molecule has 1 nitrogen and oxygen atoms in total. The van der Waals surface area contributed by atoms with E-state index in [0.717, 1.165) is 32.6 Å². The molecule has 4 aromatic rings. The van der Waals surface area contributed by atoms with E-state index in [1.54, 1.807) is 6.20 Å². The molecule has 0 amide bonds. The van der Waals surface area contributed by atoms with Gasteiger partial charge in [0.25, 0.3) is 0 Å². The first-order chi connectivity index (χ1) is 14.8. The molecule has 0 bridgehead atoms. The van der Waals surface area contributed by atoms with Crippen molar-refractivity contribution in [1.29, 1.82) is 0 Å². The summed E-state index contributed by atoms with van der Waals surface area (Å²) in [7, 11) is -4.38. The van der Waals surface area contributed by atoms with Crippen LogP contribution in [0.25, 0.3) is 32.8 Å². The second-order valence-electron chi connectivity index (χ2n) is 11.0. The molecule has 166 valence electrons. The second-order valence-corrected chi connectivity index (χ2v) is 21.0. The van der Waals surface area contributed by atoms with Crippen molar-refractivity contribution < 1.29 is 8.78 Å². The summed E-state index contributed by atoms with van der Waals surface area (Å²) in [5.74, 6) is -0.698. The van der Waals surface area contributed by atoms with Crippen LogP contribution in [0.2, 0.25) is 39.3 Å². The van der Waals surface area contributed by atoms with Crippen LogP contribution in [0.3, 0.4) is 0 Å². The summed E-state index contributed by atoms with van der Waals surface area (Å²) in [5.41, 5.74) is 4.22. The number of hydrogen-bond acceptors (Lipinski definition) is 1. The Bertz CT molecular complexity index is 1360. The van der Waals surface area contributed by atoms with E-state index in [2.05, 4.69) is 51.7 Å². The van der Waals surface area contributed by atoms with Gasteiger partial charge in [0, 0.05) is 27.7 Å². The van der Waals surface area contributed by atoms with Gasteiger partial charge in [0.15, 0.2) is 0 Å². The maximum atomic E-state index is 16.1. The lowest BCUT2D eigenvalue weighted by Crippen LogP contribution is -2.51. The quantitative estimate of drug-likeness (QED) is 0.234. The molecule has 0 saturated heterocycles. The van der Waals surface area contributed by atoms with Gasteiger partial charge in [0.2, 0.25) is 0 Å². The number of aryl methyl sites for hydroxylation is 2. The Morgan fingerprint density at radius 1 is 0.656 bits per heavy atom. The predicted octanol–water partition coefficient (Wildman–Crippen LogP) is 7.04. The van der Waals surface area contributed by atoms with Crippen molar-refractivity contribution in [2.24, 2.45) is 0 Å². The third-order valence-corrected chi connectivity index (χ3v) is 9.99. The highest BCUT2D eigenvalue weighted by Crippen LogP contribution is 2.34. The monoisotopic (exact) mass is 463 g/mol. The SMILES string of the molecule is Cc1cc(C)cc(-c2nccc3c2ccc2c(F)c([Si](C)(C)C)c(F)c([Si](C)(C)C)c23)c1. The van der Waals surface area contributed by atoms with Crippen LogP contribution >= 0.6 is 0 Å². The maximum absolute atomic E-state index is 16.1. The van der Waals surface area contributed by atoms with Crippen LogP contribution in [0.1, 0.15) is 11.1 Å². The first-order valence-electron chi connectivity index (χ1n) is 11.1. The van der Waals surface area contributed by atoms with Crippen molar-refractivity contribution >= 4 is 48.1 Å². The summed E-state index contributed by atoms with van der Waals surface area (Å²) >= 11 is 0. The Hall–Kier alpha value is -2.38. The van der Waals surface area contributed by atoms with Crippen molar-refractivity contribution in [1.82, 2.24) is 4.98 Å². The summed E-state index contributed by atoms with van der Waals surface area (Å²) in [5, 5.41) is 4.13. The van der Waals surface area contributed by atoms with Crippen LogP contribution in [-0.4, -0.2) is 21.1 Å². The van der Waals surface area contributed by atoms with Crippen LogP contribution < -0.4 is 10.4 Å². The molecule has 1 aromatic heterocycles. The summed E-state index contributed by atoms with van der Waals surface area (Å²) in [6, 6.07) is 12.1. The van der Waals surface area contributed by atoms with Gasteiger partial charge in [0.05, 0.1) is 21.8 Å². The van der Waals surface area contributed by atoms with Crippen LogP contribution in [0.5, 0.6) is 0 Å². The average Bonchev–Trinajstić information content (AvgIpc) is 2.64. The molecule has 5 heteroatoms. The van der Waals surface area contributed by atoms with Crippen LogP contribution in [-0.2, 0) is 0 Å². The molecule has 32 heavy (non-hydrogen) atoms. The third kappa shape index (κ3) is 3.71. The molecular formula is C27H31F2NSi2. The molecule has 0 N–H and O–H groups in total. The van der Waals surface area contributed by atoms with Gasteiger partial charge in [-0.3, -0.25) is 4.98 Å². The highest BCUT2D eigenvalue weighted by atomic mass is 28.3. The molecule has 1 heterocycles. The molecular weight excluding hydrogens is 432 g/mol. The van der Waals surface area contributed by atoms with E-state index in [1.165, 1.54) is 11.1 Å². The van der Waals surface area contributed by atoms with E-state index in [0.29, 0.717) is 10.6 Å². The molecule has 0 aliphatic rings. The molecule has 0 radical (unpaired) electrons. The molecule has 0 fully saturated rings. The maximum Gasteiger partial charge on any atom is 0.133 e. The van der Waals surface area contributed by atoms with Crippen molar-refractivity contribution in [3.63, 3.8) is 0 Å². The number of halogens is 2. The van der Waals surface area contributed by atoms with Crippen molar-refractivity contribution in [3.8, 4) is 11.3 Å². The van der Waals surface area contributed by atoms with Crippen LogP contribution in [0.4, 0.5) is 8.78 Å². The van der Waals surface area contributed by atoms with Gasteiger partial charge in [-0.15, -0.1) is 0 Å². The number of fused-ring (bicyclic) bond motifs is 3. The van der Waals surface area contributed by atoms with Crippen molar-refractivity contribution in [2.75, 3.05) is 0 Å². The van der Waals surface area contributed by atoms with Gasteiger partial charge in [-0.2, -0.15) is 0 Å². The lowest BCUT2D eigenvalue weighted by atomic mass is 9.96. The van der Waals surface area contributed by atoms with E-state index >= 15 is 8.78 Å². The highest BCUT2D eigenvalue weighted by molar-refractivity contribution is 6.93. The van der Waals surface area contributed by atoms with Gasteiger partial charge >= 0.3 is 0 Å². The summed E-state index contributed by atoms with van der Waals surface area (Å²) < 4.78 is 32.0. The summed E-state index contributed by atoms with van der Waals surface area (Å²) in [6.45, 7) is 16.6. The molecule has 0 aliphatic heterocycles. The van der Waals surface area contributed by atoms with Gasteiger partial charge < -0.3 is 0 Å². The number of aromatic nitrogens is 1. The number of hydrogen-bond donors (Lipinski definition) is 0. The highest BCUT2D eigenvalue weighted by Gasteiger charge is 2.34. The van der Waals surface area contributed by atoms with E-state index in [1.807, 2.05) is 37.8 Å². The first-order valence-corrected chi connectivity index (χ1v) is 18.1. The zero-order valence-electron chi connectivity index (χ0n) is 20.2. The zero-order chi connectivity index (χ0) is 23.6. The normalized spacial score (nSPS) is 12.7. The minimum atomic E-state index is -2.23. The summed E-state index contributed by atoms with van der Waals surface area (Å²) in [6.07, 6.45) is 1.77. The number of pyridine rings is 1. The Morgan fingerprint density at radius 2 is 1.22 bits per heavy atom. The number of rotatable bonds is 3. The van der Waals surface area contributed by atoms with Crippen molar-refractivity contribution in [2.45, 2.75) is 53.1 Å². The summed E-state index contributed by atoms with van der Waals surface area (Å²) in [4.78, 5) is 4.69. The van der Waals surface area contributed by atoms with Crippen molar-refractivity contribution in [3.05, 3.63) is 65.4 Å². The Labute approximate surface area is 191 Å². The second kappa shape index (κ2) is 7.60. The van der Waals surface area contributed by atoms with Crippen LogP contribution in [0, 0.1) is 25.5 Å². The van der Waals surface area contributed by atoms with Gasteiger partial charge in [-0.25, -0.2) is 8.78 Å². The fraction of sp³-hybridized carbons (Fsp3) is 0.296.